The Bertz CT molecular complexity index is 1090. The van der Waals surface area contributed by atoms with Crippen LogP contribution in [0.25, 0.3) is 10.2 Å². The minimum Gasteiger partial charge on any atom is -0.465 e. The summed E-state index contributed by atoms with van der Waals surface area (Å²) in [6.45, 7) is 8.15. The number of esters is 1. The standard InChI is InChI=1S/C20H24N4O3S/c1-6-27-17(25)11-24-15-8-7-14(12(2)3)9-16(15)28-20(24)22-19(26)18-13(4)10-21-23(18)5/h7-10,12H,6,11H2,1-5H3. The molecule has 0 radical (unpaired) electrons. The maximum atomic E-state index is 12.8. The summed E-state index contributed by atoms with van der Waals surface area (Å²) in [5, 5.41) is 4.11. The van der Waals surface area contributed by atoms with Crippen molar-refractivity contribution >= 4 is 33.4 Å². The molecular formula is C20H24N4O3S. The molecular weight excluding hydrogens is 376 g/mol. The van der Waals surface area contributed by atoms with Crippen molar-refractivity contribution in [1.82, 2.24) is 14.3 Å². The fourth-order valence-electron chi connectivity index (χ4n) is 3.02. The number of carbonyl (C=O) groups is 2. The maximum Gasteiger partial charge on any atom is 0.326 e. The number of nitrogens with zero attached hydrogens (tertiary/aromatic N) is 4. The summed E-state index contributed by atoms with van der Waals surface area (Å²) >= 11 is 1.39. The Morgan fingerprint density at radius 3 is 2.68 bits per heavy atom. The number of rotatable bonds is 5. The third-order valence-corrected chi connectivity index (χ3v) is 5.53. The van der Waals surface area contributed by atoms with E-state index >= 15 is 0 Å². The molecule has 3 rings (SSSR count). The zero-order chi connectivity index (χ0) is 20.4. The van der Waals surface area contributed by atoms with Crippen LogP contribution in [0.15, 0.2) is 29.4 Å². The van der Waals surface area contributed by atoms with Crippen LogP contribution >= 0.6 is 11.3 Å². The van der Waals surface area contributed by atoms with Gasteiger partial charge >= 0.3 is 5.97 Å². The highest BCUT2D eigenvalue weighted by molar-refractivity contribution is 7.16. The van der Waals surface area contributed by atoms with Crippen LogP contribution in [-0.2, 0) is 23.1 Å². The van der Waals surface area contributed by atoms with Crippen molar-refractivity contribution in [1.29, 1.82) is 0 Å². The number of hydrogen-bond acceptors (Lipinski definition) is 5. The van der Waals surface area contributed by atoms with Crippen LogP contribution in [0.5, 0.6) is 0 Å². The Kier molecular flexibility index (Phi) is 5.79. The number of benzene rings is 1. The van der Waals surface area contributed by atoms with E-state index in [-0.39, 0.29) is 18.4 Å². The lowest BCUT2D eigenvalue weighted by atomic mass is 10.0. The third kappa shape index (κ3) is 3.91. The van der Waals surface area contributed by atoms with Crippen molar-refractivity contribution < 1.29 is 14.3 Å². The molecule has 0 aliphatic carbocycles. The number of thiazole rings is 1. The molecule has 2 heterocycles. The van der Waals surface area contributed by atoms with Crippen molar-refractivity contribution in [2.45, 2.75) is 40.2 Å². The van der Waals surface area contributed by atoms with Crippen LogP contribution in [0.2, 0.25) is 0 Å². The molecule has 1 aromatic carbocycles. The summed E-state index contributed by atoms with van der Waals surface area (Å²) < 4.78 is 9.33. The fourth-order valence-corrected chi connectivity index (χ4v) is 4.09. The van der Waals surface area contributed by atoms with Crippen LogP contribution in [0.3, 0.4) is 0 Å². The van der Waals surface area contributed by atoms with Crippen LogP contribution in [0.4, 0.5) is 0 Å². The molecule has 0 unspecified atom stereocenters. The summed E-state index contributed by atoms with van der Waals surface area (Å²) in [5.41, 5.74) is 3.24. The van der Waals surface area contributed by atoms with Crippen molar-refractivity contribution in [2.24, 2.45) is 12.0 Å². The monoisotopic (exact) mass is 400 g/mol. The van der Waals surface area contributed by atoms with Crippen molar-refractivity contribution in [3.8, 4) is 0 Å². The molecule has 0 aliphatic heterocycles. The van der Waals surface area contributed by atoms with Gasteiger partial charge in [-0.3, -0.25) is 14.3 Å². The molecule has 0 aliphatic rings. The normalized spacial score (nSPS) is 12.1. The van der Waals surface area contributed by atoms with Crippen LogP contribution < -0.4 is 4.80 Å². The van der Waals surface area contributed by atoms with Gasteiger partial charge in [-0.05, 0) is 37.5 Å². The Labute approximate surface area is 167 Å². The van der Waals surface area contributed by atoms with Gasteiger partial charge in [0.2, 0.25) is 0 Å². The first-order valence-electron chi connectivity index (χ1n) is 9.18. The van der Waals surface area contributed by atoms with E-state index in [0.717, 1.165) is 15.8 Å². The van der Waals surface area contributed by atoms with Gasteiger partial charge in [-0.25, -0.2) is 0 Å². The van der Waals surface area contributed by atoms with Crippen molar-refractivity contribution in [3.63, 3.8) is 0 Å². The molecule has 7 nitrogen and oxygen atoms in total. The molecule has 1 amide bonds. The number of hydrogen-bond donors (Lipinski definition) is 0. The maximum absolute atomic E-state index is 12.8. The first kappa shape index (κ1) is 20.0. The summed E-state index contributed by atoms with van der Waals surface area (Å²) in [6.07, 6.45) is 1.63. The highest BCUT2D eigenvalue weighted by Gasteiger charge is 2.16. The fraction of sp³-hybridized carbons (Fsp3) is 0.400. The summed E-state index contributed by atoms with van der Waals surface area (Å²) in [5.74, 6) is -0.365. The summed E-state index contributed by atoms with van der Waals surface area (Å²) in [4.78, 5) is 29.7. The zero-order valence-electron chi connectivity index (χ0n) is 16.7. The van der Waals surface area contributed by atoms with E-state index in [9.17, 15) is 9.59 Å². The Morgan fingerprint density at radius 1 is 1.32 bits per heavy atom. The SMILES string of the molecule is CCOC(=O)Cn1c(=NC(=O)c2c(C)cnn2C)sc2cc(C(C)C)ccc21. The molecule has 0 N–H and O–H groups in total. The zero-order valence-corrected chi connectivity index (χ0v) is 17.5. The highest BCUT2D eigenvalue weighted by Crippen LogP contribution is 2.24. The molecule has 148 valence electrons. The van der Waals surface area contributed by atoms with Gasteiger partial charge in [0.1, 0.15) is 12.2 Å². The first-order valence-corrected chi connectivity index (χ1v) is 10.00. The number of aryl methyl sites for hydroxylation is 2. The second-order valence-electron chi connectivity index (χ2n) is 6.87. The van der Waals surface area contributed by atoms with Crippen molar-refractivity contribution in [3.05, 3.63) is 46.0 Å². The molecule has 8 heteroatoms. The van der Waals surface area contributed by atoms with E-state index in [1.807, 2.05) is 19.1 Å². The number of fused-ring (bicyclic) bond motifs is 1. The minimum absolute atomic E-state index is 0.00531. The van der Waals surface area contributed by atoms with E-state index < -0.39 is 0 Å². The van der Waals surface area contributed by atoms with E-state index in [1.165, 1.54) is 21.6 Å². The second-order valence-corrected chi connectivity index (χ2v) is 7.88. The lowest BCUT2D eigenvalue weighted by Crippen LogP contribution is -2.23. The van der Waals surface area contributed by atoms with Crippen LogP contribution in [-0.4, -0.2) is 32.8 Å². The van der Waals surface area contributed by atoms with Crippen LogP contribution in [0.1, 0.15) is 48.3 Å². The summed E-state index contributed by atoms with van der Waals surface area (Å²) in [7, 11) is 1.71. The van der Waals surface area contributed by atoms with Crippen LogP contribution in [0, 0.1) is 6.92 Å². The lowest BCUT2D eigenvalue weighted by molar-refractivity contribution is -0.143. The van der Waals surface area contributed by atoms with Gasteiger partial charge in [0.15, 0.2) is 4.80 Å². The van der Waals surface area contributed by atoms with Gasteiger partial charge in [0.25, 0.3) is 5.91 Å². The molecule has 0 saturated carbocycles. The third-order valence-electron chi connectivity index (χ3n) is 4.49. The number of aromatic nitrogens is 3. The molecule has 0 bridgehead atoms. The van der Waals surface area contributed by atoms with Gasteiger partial charge in [-0.1, -0.05) is 31.3 Å². The van der Waals surface area contributed by atoms with Gasteiger partial charge in [0.05, 0.1) is 23.0 Å². The second kappa shape index (κ2) is 8.10. The van der Waals surface area contributed by atoms with E-state index in [0.29, 0.717) is 23.0 Å². The van der Waals surface area contributed by atoms with Gasteiger partial charge < -0.3 is 9.30 Å². The lowest BCUT2D eigenvalue weighted by Gasteiger charge is -2.07. The number of ether oxygens (including phenoxy) is 1. The average molecular weight is 401 g/mol. The number of amides is 1. The van der Waals surface area contributed by atoms with Crippen molar-refractivity contribution in [2.75, 3.05) is 6.61 Å². The van der Waals surface area contributed by atoms with Gasteiger partial charge in [0, 0.05) is 12.6 Å². The molecule has 0 spiro atoms. The predicted octanol–water partition coefficient (Wildman–Crippen LogP) is 3.17. The van der Waals surface area contributed by atoms with E-state index in [4.69, 9.17) is 4.74 Å². The average Bonchev–Trinajstić information content (AvgIpc) is 3.14. The summed E-state index contributed by atoms with van der Waals surface area (Å²) in [6, 6.07) is 6.10. The molecule has 0 saturated heterocycles. The Morgan fingerprint density at radius 2 is 2.07 bits per heavy atom. The number of carbonyl (C=O) groups excluding carboxylic acids is 2. The minimum atomic E-state index is -0.384. The predicted molar refractivity (Wildman–Crippen MR) is 108 cm³/mol. The Balaban J connectivity index is 2.16. The molecule has 0 fully saturated rings. The largest absolute Gasteiger partial charge is 0.465 e. The van der Waals surface area contributed by atoms with Gasteiger partial charge in [-0.15, -0.1) is 0 Å². The quantitative estimate of drug-likeness (QED) is 0.616. The molecule has 3 aromatic rings. The molecule has 28 heavy (non-hydrogen) atoms. The molecule has 0 atom stereocenters. The van der Waals surface area contributed by atoms with E-state index in [1.54, 1.807) is 24.7 Å². The first-order chi connectivity index (χ1) is 13.3. The van der Waals surface area contributed by atoms with E-state index in [2.05, 4.69) is 30.0 Å². The smallest absolute Gasteiger partial charge is 0.326 e. The topological polar surface area (TPSA) is 78.5 Å². The van der Waals surface area contributed by atoms with Gasteiger partial charge in [-0.2, -0.15) is 10.1 Å². The Hall–Kier alpha value is -2.74. The molecule has 2 aromatic heterocycles. The highest BCUT2D eigenvalue weighted by atomic mass is 32.1.